The second kappa shape index (κ2) is 7.87. The van der Waals surface area contributed by atoms with Crippen molar-refractivity contribution in [1.29, 1.82) is 0 Å². The molecular formula is C24H26N4OS. The van der Waals surface area contributed by atoms with E-state index in [0.717, 1.165) is 58.5 Å². The monoisotopic (exact) mass is 418 g/mol. The number of aliphatic imine (C=N–C) groups is 1. The first-order valence-corrected chi connectivity index (χ1v) is 11.2. The van der Waals surface area contributed by atoms with E-state index < -0.39 is 6.10 Å². The summed E-state index contributed by atoms with van der Waals surface area (Å²) < 4.78 is 0. The van der Waals surface area contributed by atoms with Crippen molar-refractivity contribution in [2.24, 2.45) is 4.99 Å². The Bertz CT molecular complexity index is 1100. The molecule has 154 valence electrons. The maximum absolute atomic E-state index is 10.3. The normalized spacial score (nSPS) is 19.2. The summed E-state index contributed by atoms with van der Waals surface area (Å²) in [4.78, 5) is 8.77. The maximum atomic E-state index is 10.3. The van der Waals surface area contributed by atoms with Crippen LogP contribution in [0.5, 0.6) is 0 Å². The van der Waals surface area contributed by atoms with Gasteiger partial charge in [-0.2, -0.15) is 0 Å². The molecule has 6 heteroatoms. The highest BCUT2D eigenvalue weighted by atomic mass is 32.1. The molecule has 0 aliphatic carbocycles. The van der Waals surface area contributed by atoms with Gasteiger partial charge >= 0.3 is 0 Å². The van der Waals surface area contributed by atoms with Crippen molar-refractivity contribution in [3.8, 4) is 0 Å². The molecule has 1 fully saturated rings. The topological polar surface area (TPSA) is 59.9 Å². The average Bonchev–Trinajstić information content (AvgIpc) is 3.05. The van der Waals surface area contributed by atoms with Crippen LogP contribution in [0.2, 0.25) is 0 Å². The number of para-hydroxylation sites is 2. The third-order valence-corrected chi connectivity index (χ3v) is 6.74. The molecule has 0 spiro atoms. The first-order valence-electron chi connectivity index (χ1n) is 10.4. The molecule has 5 rings (SSSR count). The summed E-state index contributed by atoms with van der Waals surface area (Å²) in [5, 5.41) is 18.6. The zero-order valence-corrected chi connectivity index (χ0v) is 18.0. The van der Waals surface area contributed by atoms with Gasteiger partial charge in [-0.1, -0.05) is 36.4 Å². The fourth-order valence-corrected chi connectivity index (χ4v) is 5.27. The van der Waals surface area contributed by atoms with Gasteiger partial charge in [0.2, 0.25) is 0 Å². The largest absolute Gasteiger partial charge is 0.389 e. The summed E-state index contributed by atoms with van der Waals surface area (Å²) in [6.07, 6.45) is -0.490. The average molecular weight is 419 g/mol. The number of benzene rings is 2. The van der Waals surface area contributed by atoms with Crippen LogP contribution in [-0.2, 0) is 0 Å². The Morgan fingerprint density at radius 2 is 1.97 bits per heavy atom. The summed E-state index contributed by atoms with van der Waals surface area (Å²) in [5.41, 5.74) is 5.32. The van der Waals surface area contributed by atoms with Gasteiger partial charge in [0.25, 0.3) is 0 Å². The van der Waals surface area contributed by atoms with Gasteiger partial charge in [0.1, 0.15) is 10.8 Å². The predicted octanol–water partition coefficient (Wildman–Crippen LogP) is 4.89. The van der Waals surface area contributed by atoms with Gasteiger partial charge in [0, 0.05) is 24.5 Å². The Morgan fingerprint density at radius 1 is 1.17 bits per heavy atom. The molecule has 5 nitrogen and oxygen atoms in total. The number of aliphatic hydroxyl groups excluding tert-OH is 1. The quantitative estimate of drug-likeness (QED) is 0.554. The molecule has 3 aromatic rings. The van der Waals surface area contributed by atoms with Crippen molar-refractivity contribution in [3.05, 3.63) is 76.2 Å². The highest BCUT2D eigenvalue weighted by molar-refractivity contribution is 7.16. The number of hydrogen-bond acceptors (Lipinski definition) is 6. The summed E-state index contributed by atoms with van der Waals surface area (Å²) in [6, 6.07) is 18.8. The first-order chi connectivity index (χ1) is 14.6. The summed E-state index contributed by atoms with van der Waals surface area (Å²) >= 11 is 1.77. The van der Waals surface area contributed by atoms with Crippen LogP contribution in [0.3, 0.4) is 0 Å². The highest BCUT2D eigenvalue weighted by Gasteiger charge is 2.29. The first kappa shape index (κ1) is 19.3. The molecule has 30 heavy (non-hydrogen) atoms. The van der Waals surface area contributed by atoms with E-state index in [1.54, 1.807) is 11.3 Å². The fraction of sp³-hybridized carbons (Fsp3) is 0.292. The summed E-state index contributed by atoms with van der Waals surface area (Å²) in [7, 11) is 0. The van der Waals surface area contributed by atoms with E-state index in [1.165, 1.54) is 4.88 Å². The highest BCUT2D eigenvalue weighted by Crippen LogP contribution is 2.39. The van der Waals surface area contributed by atoms with E-state index in [9.17, 15) is 5.11 Å². The lowest BCUT2D eigenvalue weighted by Gasteiger charge is -2.37. The van der Waals surface area contributed by atoms with Gasteiger partial charge in [0.05, 0.1) is 29.1 Å². The van der Waals surface area contributed by atoms with E-state index in [0.29, 0.717) is 0 Å². The minimum atomic E-state index is -0.490. The van der Waals surface area contributed by atoms with Gasteiger partial charge in [-0.3, -0.25) is 0 Å². The van der Waals surface area contributed by atoms with Gasteiger partial charge in [-0.15, -0.1) is 11.3 Å². The Balaban J connectivity index is 1.54. The van der Waals surface area contributed by atoms with Crippen molar-refractivity contribution in [1.82, 2.24) is 10.2 Å². The maximum Gasteiger partial charge on any atom is 0.139 e. The molecule has 0 bridgehead atoms. The number of fused-ring (bicyclic) bond motifs is 2. The van der Waals surface area contributed by atoms with E-state index in [2.05, 4.69) is 46.7 Å². The van der Waals surface area contributed by atoms with Crippen LogP contribution in [-0.4, -0.2) is 35.5 Å². The van der Waals surface area contributed by atoms with Crippen LogP contribution in [0, 0.1) is 6.92 Å². The van der Waals surface area contributed by atoms with Crippen LogP contribution in [0.1, 0.15) is 40.6 Å². The lowest BCUT2D eigenvalue weighted by molar-refractivity contribution is 0.195. The zero-order chi connectivity index (χ0) is 20.7. The number of aliphatic hydroxyl groups is 1. The molecule has 2 aromatic carbocycles. The number of nitrogens with one attached hydrogen (secondary N) is 2. The van der Waals surface area contributed by atoms with Crippen LogP contribution in [0.4, 0.5) is 16.4 Å². The van der Waals surface area contributed by atoms with Crippen molar-refractivity contribution >= 4 is 33.5 Å². The molecule has 2 aliphatic rings. The molecule has 3 heterocycles. The molecular weight excluding hydrogens is 392 g/mol. The van der Waals surface area contributed by atoms with E-state index >= 15 is 0 Å². The van der Waals surface area contributed by atoms with Crippen molar-refractivity contribution in [2.45, 2.75) is 26.0 Å². The zero-order valence-electron chi connectivity index (χ0n) is 17.2. The van der Waals surface area contributed by atoms with Crippen LogP contribution in [0.25, 0.3) is 0 Å². The van der Waals surface area contributed by atoms with Gasteiger partial charge in [0.15, 0.2) is 0 Å². The number of hydrogen-bond donors (Lipinski definition) is 3. The summed E-state index contributed by atoms with van der Waals surface area (Å²) in [5.74, 6) is 1.02. The predicted molar refractivity (Wildman–Crippen MR) is 124 cm³/mol. The molecule has 2 aliphatic heterocycles. The third kappa shape index (κ3) is 3.51. The number of nitrogens with zero attached hydrogens (tertiary/aromatic N) is 2. The Morgan fingerprint density at radius 3 is 2.83 bits per heavy atom. The molecule has 0 saturated carbocycles. The second-order valence-electron chi connectivity index (χ2n) is 7.94. The van der Waals surface area contributed by atoms with Crippen molar-refractivity contribution < 1.29 is 5.11 Å². The molecule has 0 amide bonds. The molecule has 1 aromatic heterocycles. The smallest absolute Gasteiger partial charge is 0.139 e. The minimum Gasteiger partial charge on any atom is -0.389 e. The molecule has 3 N–H and O–H groups in total. The van der Waals surface area contributed by atoms with E-state index in [4.69, 9.17) is 4.99 Å². The lowest BCUT2D eigenvalue weighted by Crippen LogP contribution is -2.48. The molecule has 0 radical (unpaired) electrons. The Kier molecular flexibility index (Phi) is 5.06. The van der Waals surface area contributed by atoms with Gasteiger partial charge in [-0.25, -0.2) is 4.99 Å². The number of aryl methyl sites for hydroxylation is 1. The number of anilines is 2. The van der Waals surface area contributed by atoms with Crippen LogP contribution < -0.4 is 10.6 Å². The fourth-order valence-electron chi connectivity index (χ4n) is 4.35. The second-order valence-corrected chi connectivity index (χ2v) is 9.19. The summed E-state index contributed by atoms with van der Waals surface area (Å²) in [6.45, 7) is 6.54. The third-order valence-electron chi connectivity index (χ3n) is 5.77. The van der Waals surface area contributed by atoms with Gasteiger partial charge < -0.3 is 20.6 Å². The standard InChI is InChI=1S/C24H26N4OS/c1-15-13-19-23(26-20-9-5-6-10-21(20)27-24(19)30-15)28-12-11-25-22(14-28)18-8-4-3-7-17(18)16(2)29/h3-10,13,16,22,25,27,29H,11-12,14H2,1-2H3/t16-,22?/m0/s1. The molecule has 2 atom stereocenters. The lowest BCUT2D eigenvalue weighted by atomic mass is 9.95. The number of piperazine rings is 1. The van der Waals surface area contributed by atoms with Crippen LogP contribution in [0.15, 0.2) is 59.6 Å². The SMILES string of the molecule is Cc1cc2c(s1)Nc1ccccc1N=C2N1CCNC(c2ccccc2[C@H](C)O)C1. The van der Waals surface area contributed by atoms with Crippen molar-refractivity contribution in [3.63, 3.8) is 0 Å². The molecule has 1 saturated heterocycles. The number of amidine groups is 1. The Hall–Kier alpha value is -2.67. The Labute approximate surface area is 181 Å². The number of thiophene rings is 1. The van der Waals surface area contributed by atoms with Gasteiger partial charge in [-0.05, 0) is 43.2 Å². The van der Waals surface area contributed by atoms with Crippen LogP contribution >= 0.6 is 11.3 Å². The van der Waals surface area contributed by atoms with E-state index in [1.807, 2.05) is 37.3 Å². The molecule has 1 unspecified atom stereocenters. The van der Waals surface area contributed by atoms with Crippen molar-refractivity contribution in [2.75, 3.05) is 25.0 Å². The van der Waals surface area contributed by atoms with E-state index in [-0.39, 0.29) is 6.04 Å². The number of rotatable bonds is 2. The minimum absolute atomic E-state index is 0.141.